The van der Waals surface area contributed by atoms with Crippen molar-refractivity contribution in [3.8, 4) is 0 Å². The van der Waals surface area contributed by atoms with Crippen molar-refractivity contribution >= 4 is 11.8 Å². The van der Waals surface area contributed by atoms with Crippen LogP contribution in [0.15, 0.2) is 30.3 Å². The average molecular weight is 266 g/mol. The van der Waals surface area contributed by atoms with Crippen LogP contribution in [0.5, 0.6) is 0 Å². The minimum atomic E-state index is -0.462. The fourth-order valence-electron chi connectivity index (χ4n) is 1.58. The minimum Gasteiger partial charge on any atom is -0.395 e. The van der Waals surface area contributed by atoms with Crippen LogP contribution in [0.4, 0.5) is 0 Å². The Morgan fingerprint density at radius 3 is 2.16 bits per heavy atom. The maximum absolute atomic E-state index is 11.7. The molecule has 0 spiro atoms. The molecule has 2 amide bonds. The zero-order chi connectivity index (χ0) is 14.1. The molecule has 0 bridgehead atoms. The van der Waals surface area contributed by atoms with Crippen LogP contribution in [-0.4, -0.2) is 59.8 Å². The Labute approximate surface area is 111 Å². The Bertz CT molecular complexity index is 402. The van der Waals surface area contributed by atoms with E-state index < -0.39 is 11.8 Å². The van der Waals surface area contributed by atoms with Crippen molar-refractivity contribution in [3.63, 3.8) is 0 Å². The van der Waals surface area contributed by atoms with E-state index >= 15 is 0 Å². The Morgan fingerprint density at radius 2 is 1.63 bits per heavy atom. The van der Waals surface area contributed by atoms with E-state index in [9.17, 15) is 9.59 Å². The highest BCUT2D eigenvalue weighted by Crippen LogP contribution is 1.97. The normalized spacial score (nSPS) is 10.5. The number of hydrogen-bond donors (Lipinski definition) is 3. The number of nitrogens with one attached hydrogen (secondary N) is 1. The fourth-order valence-corrected chi connectivity index (χ4v) is 1.58. The van der Waals surface area contributed by atoms with Gasteiger partial charge in [-0.25, -0.2) is 0 Å². The molecule has 3 N–H and O–H groups in total. The summed E-state index contributed by atoms with van der Waals surface area (Å²) in [5.41, 5.74) is 0.409. The molecule has 6 heteroatoms. The second-order valence-corrected chi connectivity index (χ2v) is 3.97. The van der Waals surface area contributed by atoms with Crippen molar-refractivity contribution in [1.29, 1.82) is 0 Å². The number of aliphatic hydroxyl groups excluding tert-OH is 2. The van der Waals surface area contributed by atoms with Crippen molar-refractivity contribution in [2.75, 3.05) is 32.8 Å². The number of amides is 2. The van der Waals surface area contributed by atoms with Gasteiger partial charge in [0.2, 0.25) is 5.91 Å². The van der Waals surface area contributed by atoms with E-state index in [-0.39, 0.29) is 32.8 Å². The summed E-state index contributed by atoms with van der Waals surface area (Å²) >= 11 is 0. The summed E-state index contributed by atoms with van der Waals surface area (Å²) in [7, 11) is 0. The average Bonchev–Trinajstić information content (AvgIpc) is 2.40. The molecule has 0 atom stereocenters. The molecule has 0 saturated carbocycles. The molecule has 0 radical (unpaired) electrons. The molecule has 0 aromatic heterocycles. The van der Waals surface area contributed by atoms with Gasteiger partial charge in [0, 0.05) is 18.7 Å². The zero-order valence-electron chi connectivity index (χ0n) is 10.6. The summed E-state index contributed by atoms with van der Waals surface area (Å²) in [6.45, 7) is 0.278. The quantitative estimate of drug-likeness (QED) is 0.603. The minimum absolute atomic E-state index is 0.0420. The molecule has 0 aliphatic rings. The van der Waals surface area contributed by atoms with Crippen LogP contribution in [0, 0.1) is 0 Å². The summed E-state index contributed by atoms with van der Waals surface area (Å²) in [5, 5.41) is 19.9. The van der Waals surface area contributed by atoms with Crippen LogP contribution in [0.25, 0.3) is 0 Å². The molecule has 0 unspecified atom stereocenters. The molecule has 0 heterocycles. The topological polar surface area (TPSA) is 89.9 Å². The number of nitrogens with zero attached hydrogens (tertiary/aromatic N) is 1. The van der Waals surface area contributed by atoms with Gasteiger partial charge in [0.1, 0.15) is 0 Å². The lowest BCUT2D eigenvalue weighted by atomic mass is 10.2. The van der Waals surface area contributed by atoms with Gasteiger partial charge in [-0.3, -0.25) is 19.8 Å². The lowest BCUT2D eigenvalue weighted by molar-refractivity contribution is -0.121. The Kier molecular flexibility index (Phi) is 6.73. The van der Waals surface area contributed by atoms with Crippen molar-refractivity contribution in [2.45, 2.75) is 0 Å². The molecule has 0 saturated heterocycles. The molecule has 1 aromatic rings. The summed E-state index contributed by atoms with van der Waals surface area (Å²) in [4.78, 5) is 24.9. The maximum Gasteiger partial charge on any atom is 0.257 e. The maximum atomic E-state index is 11.7. The van der Waals surface area contributed by atoms with E-state index in [1.165, 1.54) is 0 Å². The van der Waals surface area contributed by atoms with E-state index in [4.69, 9.17) is 10.2 Å². The van der Waals surface area contributed by atoms with Crippen LogP contribution >= 0.6 is 0 Å². The third kappa shape index (κ3) is 5.60. The number of aliphatic hydroxyl groups is 2. The molecule has 0 aliphatic heterocycles. The first-order valence-electron chi connectivity index (χ1n) is 6.00. The van der Waals surface area contributed by atoms with Gasteiger partial charge < -0.3 is 10.2 Å². The van der Waals surface area contributed by atoms with Crippen LogP contribution in [0.1, 0.15) is 10.4 Å². The van der Waals surface area contributed by atoms with Crippen LogP contribution in [0.2, 0.25) is 0 Å². The van der Waals surface area contributed by atoms with Gasteiger partial charge in [-0.1, -0.05) is 18.2 Å². The first-order chi connectivity index (χ1) is 9.17. The predicted molar refractivity (Wildman–Crippen MR) is 69.5 cm³/mol. The SMILES string of the molecule is O=C(CN(CCO)CCO)NC(=O)c1ccccc1. The van der Waals surface area contributed by atoms with E-state index in [1.54, 1.807) is 35.2 Å². The molecule has 1 aromatic carbocycles. The van der Waals surface area contributed by atoms with E-state index in [2.05, 4.69) is 5.32 Å². The van der Waals surface area contributed by atoms with Gasteiger partial charge in [0.15, 0.2) is 0 Å². The van der Waals surface area contributed by atoms with E-state index in [1.807, 2.05) is 0 Å². The van der Waals surface area contributed by atoms with Crippen molar-refractivity contribution in [2.24, 2.45) is 0 Å². The van der Waals surface area contributed by atoms with E-state index in [0.717, 1.165) is 0 Å². The highest BCUT2D eigenvalue weighted by atomic mass is 16.3. The molecule has 0 fully saturated rings. The lowest BCUT2D eigenvalue weighted by Gasteiger charge is -2.18. The van der Waals surface area contributed by atoms with Crippen molar-refractivity contribution in [3.05, 3.63) is 35.9 Å². The largest absolute Gasteiger partial charge is 0.395 e. The van der Waals surface area contributed by atoms with Gasteiger partial charge >= 0.3 is 0 Å². The van der Waals surface area contributed by atoms with Gasteiger partial charge in [0.25, 0.3) is 5.91 Å². The second-order valence-electron chi connectivity index (χ2n) is 3.97. The predicted octanol–water partition coefficient (Wildman–Crippen LogP) is -0.770. The number of rotatable bonds is 7. The molecule has 0 aliphatic carbocycles. The van der Waals surface area contributed by atoms with Crippen molar-refractivity contribution < 1.29 is 19.8 Å². The highest BCUT2D eigenvalue weighted by Gasteiger charge is 2.13. The summed E-state index contributed by atoms with van der Waals surface area (Å²) in [6, 6.07) is 8.43. The number of benzene rings is 1. The van der Waals surface area contributed by atoms with Gasteiger partial charge in [-0.05, 0) is 12.1 Å². The monoisotopic (exact) mass is 266 g/mol. The second kappa shape index (κ2) is 8.36. The van der Waals surface area contributed by atoms with Gasteiger partial charge in [-0.2, -0.15) is 0 Å². The van der Waals surface area contributed by atoms with Gasteiger partial charge in [0.05, 0.1) is 19.8 Å². The van der Waals surface area contributed by atoms with E-state index in [0.29, 0.717) is 5.56 Å². The molecule has 104 valence electrons. The summed E-state index contributed by atoms with van der Waals surface area (Å²) in [5.74, 6) is -0.922. The first-order valence-corrected chi connectivity index (χ1v) is 6.00. The highest BCUT2D eigenvalue weighted by molar-refractivity contribution is 6.05. The van der Waals surface area contributed by atoms with Crippen molar-refractivity contribution in [1.82, 2.24) is 10.2 Å². The summed E-state index contributed by atoms with van der Waals surface area (Å²) in [6.07, 6.45) is 0. The van der Waals surface area contributed by atoms with Crippen LogP contribution < -0.4 is 5.32 Å². The van der Waals surface area contributed by atoms with Crippen LogP contribution in [-0.2, 0) is 4.79 Å². The van der Waals surface area contributed by atoms with Crippen LogP contribution in [0.3, 0.4) is 0 Å². The molecular formula is C13H18N2O4. The summed E-state index contributed by atoms with van der Waals surface area (Å²) < 4.78 is 0. The Hall–Kier alpha value is -1.76. The molecule has 19 heavy (non-hydrogen) atoms. The standard InChI is InChI=1S/C13H18N2O4/c16-8-6-15(7-9-17)10-12(18)14-13(19)11-4-2-1-3-5-11/h1-5,16-17H,6-10H2,(H,14,18,19). The number of carbonyl (C=O) groups is 2. The van der Waals surface area contributed by atoms with Gasteiger partial charge in [-0.15, -0.1) is 0 Å². The molecule has 6 nitrogen and oxygen atoms in total. The lowest BCUT2D eigenvalue weighted by Crippen LogP contribution is -2.42. The third-order valence-corrected chi connectivity index (χ3v) is 2.49. The zero-order valence-corrected chi connectivity index (χ0v) is 10.6. The molecule has 1 rings (SSSR count). The number of hydrogen-bond acceptors (Lipinski definition) is 5. The Morgan fingerprint density at radius 1 is 1.05 bits per heavy atom. The molecular weight excluding hydrogens is 248 g/mol. The number of carbonyl (C=O) groups excluding carboxylic acids is 2. The first kappa shape index (κ1) is 15.3. The smallest absolute Gasteiger partial charge is 0.257 e. The number of imide groups is 1. The Balaban J connectivity index is 2.48. The third-order valence-electron chi connectivity index (χ3n) is 2.49. The fraction of sp³-hybridized carbons (Fsp3) is 0.385.